The average molecular weight is 254 g/mol. The average Bonchev–Trinajstić information content (AvgIpc) is 2.74. The monoisotopic (exact) mass is 254 g/mol. The van der Waals surface area contributed by atoms with Gasteiger partial charge in [-0.2, -0.15) is 0 Å². The van der Waals surface area contributed by atoms with Crippen molar-refractivity contribution in [1.82, 2.24) is 5.32 Å². The van der Waals surface area contributed by atoms with Gasteiger partial charge in [-0.05, 0) is 63.7 Å². The first-order valence-electron chi connectivity index (χ1n) is 7.26. The normalized spacial score (nSPS) is 43.2. The molecular formula is C13H27BN2O2. The third-order valence-electron chi connectivity index (χ3n) is 5.20. The van der Waals surface area contributed by atoms with E-state index >= 15 is 0 Å². The molecule has 4 nitrogen and oxygen atoms in total. The number of hydrogen-bond acceptors (Lipinski definition) is 4. The number of rotatable bonds is 5. The molecule has 104 valence electrons. The van der Waals surface area contributed by atoms with Gasteiger partial charge in [-0.15, -0.1) is 0 Å². The summed E-state index contributed by atoms with van der Waals surface area (Å²) in [6.45, 7) is 2.18. The second-order valence-corrected chi connectivity index (χ2v) is 6.61. The molecule has 2 aliphatic carbocycles. The van der Waals surface area contributed by atoms with Crippen LogP contribution in [0.25, 0.3) is 0 Å². The molecule has 5 N–H and O–H groups in total. The summed E-state index contributed by atoms with van der Waals surface area (Å²) < 4.78 is 0. The van der Waals surface area contributed by atoms with Crippen LogP contribution in [0.4, 0.5) is 0 Å². The molecule has 0 spiro atoms. The fourth-order valence-electron chi connectivity index (χ4n) is 4.39. The van der Waals surface area contributed by atoms with Crippen LogP contribution in [0.15, 0.2) is 0 Å². The predicted molar refractivity (Wildman–Crippen MR) is 74.0 cm³/mol. The van der Waals surface area contributed by atoms with Crippen molar-refractivity contribution in [3.8, 4) is 0 Å². The second-order valence-electron chi connectivity index (χ2n) is 6.61. The summed E-state index contributed by atoms with van der Waals surface area (Å²) in [5, 5.41) is 21.3. The first-order chi connectivity index (χ1) is 8.44. The molecule has 2 saturated carbocycles. The fraction of sp³-hybridized carbons (Fsp3) is 1.00. The van der Waals surface area contributed by atoms with E-state index in [4.69, 9.17) is 15.8 Å². The first-order valence-corrected chi connectivity index (χ1v) is 7.26. The summed E-state index contributed by atoms with van der Waals surface area (Å²) in [6.07, 6.45) is 5.99. The maximum atomic E-state index is 8.94. The highest BCUT2D eigenvalue weighted by atomic mass is 16.4. The van der Waals surface area contributed by atoms with E-state index in [0.717, 1.165) is 31.1 Å². The van der Waals surface area contributed by atoms with Crippen molar-refractivity contribution in [3.63, 3.8) is 0 Å². The van der Waals surface area contributed by atoms with Crippen LogP contribution in [0, 0.1) is 17.8 Å². The summed E-state index contributed by atoms with van der Waals surface area (Å²) >= 11 is 0. The van der Waals surface area contributed by atoms with Gasteiger partial charge in [0, 0.05) is 11.6 Å². The lowest BCUT2D eigenvalue weighted by Crippen LogP contribution is -2.42. The van der Waals surface area contributed by atoms with Crippen molar-refractivity contribution in [1.29, 1.82) is 0 Å². The van der Waals surface area contributed by atoms with Crippen molar-refractivity contribution < 1.29 is 10.0 Å². The van der Waals surface area contributed by atoms with E-state index < -0.39 is 7.12 Å². The Morgan fingerprint density at radius 2 is 2.11 bits per heavy atom. The molecule has 18 heavy (non-hydrogen) atoms. The van der Waals surface area contributed by atoms with Crippen LogP contribution < -0.4 is 11.1 Å². The van der Waals surface area contributed by atoms with Gasteiger partial charge in [-0.25, -0.2) is 0 Å². The van der Waals surface area contributed by atoms with E-state index in [0.29, 0.717) is 18.3 Å². The van der Waals surface area contributed by atoms with Gasteiger partial charge >= 0.3 is 7.12 Å². The van der Waals surface area contributed by atoms with Crippen LogP contribution in [-0.2, 0) is 0 Å². The number of nitrogens with one attached hydrogen (secondary N) is 1. The smallest absolute Gasteiger partial charge is 0.427 e. The zero-order chi connectivity index (χ0) is 13.3. The summed E-state index contributed by atoms with van der Waals surface area (Å²) in [4.78, 5) is 0. The van der Waals surface area contributed by atoms with Crippen LogP contribution in [0.3, 0.4) is 0 Å². The van der Waals surface area contributed by atoms with Gasteiger partial charge in [0.1, 0.15) is 0 Å². The topological polar surface area (TPSA) is 78.5 Å². The summed E-state index contributed by atoms with van der Waals surface area (Å²) in [6, 6.07) is 0.655. The Morgan fingerprint density at radius 3 is 2.72 bits per heavy atom. The quantitative estimate of drug-likeness (QED) is 0.541. The first kappa shape index (κ1) is 14.3. The molecule has 0 heterocycles. The molecule has 2 aliphatic rings. The Hall–Kier alpha value is -0.0951. The van der Waals surface area contributed by atoms with Gasteiger partial charge in [0.25, 0.3) is 0 Å². The molecular weight excluding hydrogens is 227 g/mol. The van der Waals surface area contributed by atoms with Crippen molar-refractivity contribution in [2.24, 2.45) is 23.5 Å². The van der Waals surface area contributed by atoms with Gasteiger partial charge in [0.15, 0.2) is 0 Å². The molecule has 0 saturated heterocycles. The van der Waals surface area contributed by atoms with Gasteiger partial charge in [-0.1, -0.05) is 6.42 Å². The largest absolute Gasteiger partial charge is 0.451 e. The Morgan fingerprint density at radius 1 is 1.39 bits per heavy atom. The van der Waals surface area contributed by atoms with Crippen LogP contribution in [0.2, 0.25) is 6.32 Å². The zero-order valence-corrected chi connectivity index (χ0v) is 11.6. The highest BCUT2D eigenvalue weighted by Crippen LogP contribution is 2.53. The van der Waals surface area contributed by atoms with Gasteiger partial charge < -0.3 is 21.1 Å². The third-order valence-corrected chi connectivity index (χ3v) is 5.20. The molecule has 2 fully saturated rings. The van der Waals surface area contributed by atoms with E-state index in [2.05, 4.69) is 12.2 Å². The lowest BCUT2D eigenvalue weighted by atomic mass is 9.76. The van der Waals surface area contributed by atoms with Crippen LogP contribution >= 0.6 is 0 Å². The standard InChI is InChI=1S/C13H27BN2O2/c1-13(15)8-9-6-10(16-2)7-11(9)12(13)4-3-5-14(17)18/h9-12,16-18H,3-8,15H2,1-2H3/t9-,10-,11-,12+,13+/m1/s1. The molecule has 5 atom stereocenters. The summed E-state index contributed by atoms with van der Waals surface area (Å²) in [5.74, 6) is 2.04. The third kappa shape index (κ3) is 2.90. The van der Waals surface area contributed by atoms with Crippen LogP contribution in [0.5, 0.6) is 0 Å². The molecule has 5 heteroatoms. The molecule has 0 aromatic rings. The van der Waals surface area contributed by atoms with Crippen LogP contribution in [0.1, 0.15) is 39.0 Å². The predicted octanol–water partition coefficient (Wildman–Crippen LogP) is 0.591. The molecule has 0 aromatic heterocycles. The van der Waals surface area contributed by atoms with E-state index in [9.17, 15) is 0 Å². The number of hydrogen-bond donors (Lipinski definition) is 4. The minimum atomic E-state index is -1.17. The van der Waals surface area contributed by atoms with E-state index in [-0.39, 0.29) is 5.54 Å². The summed E-state index contributed by atoms with van der Waals surface area (Å²) in [7, 11) is 0.879. The molecule has 0 bridgehead atoms. The lowest BCUT2D eigenvalue weighted by molar-refractivity contribution is 0.250. The number of nitrogens with two attached hydrogens (primary N) is 1. The minimum Gasteiger partial charge on any atom is -0.427 e. The van der Waals surface area contributed by atoms with Crippen molar-refractivity contribution in [2.75, 3.05) is 7.05 Å². The van der Waals surface area contributed by atoms with Gasteiger partial charge in [0.05, 0.1) is 0 Å². The SMILES string of the molecule is CN[C@@H]1C[C@@H]2C[C@](C)(N)[C@@H](CCCB(O)O)[C@@H]2C1. The molecule has 0 radical (unpaired) electrons. The highest BCUT2D eigenvalue weighted by molar-refractivity contribution is 6.40. The maximum Gasteiger partial charge on any atom is 0.451 e. The Balaban J connectivity index is 1.93. The van der Waals surface area contributed by atoms with E-state index in [1.165, 1.54) is 12.8 Å². The van der Waals surface area contributed by atoms with Crippen molar-refractivity contribution in [3.05, 3.63) is 0 Å². The molecule has 0 amide bonds. The Labute approximate surface area is 110 Å². The van der Waals surface area contributed by atoms with Crippen molar-refractivity contribution in [2.45, 2.75) is 56.9 Å². The maximum absolute atomic E-state index is 8.94. The second kappa shape index (κ2) is 5.49. The van der Waals surface area contributed by atoms with Crippen molar-refractivity contribution >= 4 is 7.12 Å². The summed E-state index contributed by atoms with van der Waals surface area (Å²) in [5.41, 5.74) is 6.41. The zero-order valence-electron chi connectivity index (χ0n) is 11.6. The fourth-order valence-corrected chi connectivity index (χ4v) is 4.39. The molecule has 2 rings (SSSR count). The van der Waals surface area contributed by atoms with E-state index in [1.807, 2.05) is 7.05 Å². The molecule has 0 unspecified atom stereocenters. The van der Waals surface area contributed by atoms with Gasteiger partial charge in [-0.3, -0.25) is 0 Å². The van der Waals surface area contributed by atoms with E-state index in [1.54, 1.807) is 0 Å². The van der Waals surface area contributed by atoms with Gasteiger partial charge in [0.2, 0.25) is 0 Å². The Kier molecular flexibility index (Phi) is 4.37. The lowest BCUT2D eigenvalue weighted by Gasteiger charge is -2.31. The molecule has 0 aliphatic heterocycles. The van der Waals surface area contributed by atoms with Crippen LogP contribution in [-0.4, -0.2) is 35.8 Å². The molecule has 0 aromatic carbocycles. The highest BCUT2D eigenvalue weighted by Gasteiger charge is 2.51. The number of fused-ring (bicyclic) bond motifs is 1. The Bertz CT molecular complexity index is 286. The minimum absolute atomic E-state index is 0.0611.